The van der Waals surface area contributed by atoms with Gasteiger partial charge in [-0.2, -0.15) is 0 Å². The van der Waals surface area contributed by atoms with Gasteiger partial charge in [0.15, 0.2) is 0 Å². The van der Waals surface area contributed by atoms with E-state index in [0.717, 1.165) is 38.8 Å². The van der Waals surface area contributed by atoms with E-state index < -0.39 is 5.41 Å². The van der Waals surface area contributed by atoms with Crippen LogP contribution in [0.25, 0.3) is 0 Å². The predicted octanol–water partition coefficient (Wildman–Crippen LogP) is 2.58. The Morgan fingerprint density at radius 2 is 2.00 bits per heavy atom. The van der Waals surface area contributed by atoms with Crippen molar-refractivity contribution in [2.45, 2.75) is 59.8 Å². The van der Waals surface area contributed by atoms with Crippen molar-refractivity contribution in [1.29, 1.82) is 0 Å². The van der Waals surface area contributed by atoms with E-state index in [1.165, 1.54) is 6.42 Å². The third-order valence-electron chi connectivity index (χ3n) is 4.11. The molecular formula is C16H30N2O2. The lowest BCUT2D eigenvalue weighted by Crippen LogP contribution is -2.52. The summed E-state index contributed by atoms with van der Waals surface area (Å²) in [6.45, 7) is 10.0. The molecule has 0 aromatic heterocycles. The van der Waals surface area contributed by atoms with Gasteiger partial charge in [0.2, 0.25) is 11.8 Å². The van der Waals surface area contributed by atoms with Crippen LogP contribution in [0.4, 0.5) is 0 Å². The van der Waals surface area contributed by atoms with Crippen LogP contribution in [0.15, 0.2) is 0 Å². The molecule has 1 rings (SSSR count). The van der Waals surface area contributed by atoms with Crippen LogP contribution in [0, 0.1) is 11.3 Å². The summed E-state index contributed by atoms with van der Waals surface area (Å²) < 4.78 is 0. The molecule has 1 heterocycles. The molecule has 0 bridgehead atoms. The molecule has 0 spiro atoms. The summed E-state index contributed by atoms with van der Waals surface area (Å²) in [6.07, 6.45) is 5.43. The van der Waals surface area contributed by atoms with Gasteiger partial charge < -0.3 is 10.2 Å². The molecule has 0 aromatic carbocycles. The zero-order valence-corrected chi connectivity index (χ0v) is 13.5. The molecular weight excluding hydrogens is 252 g/mol. The van der Waals surface area contributed by atoms with Gasteiger partial charge in [0.1, 0.15) is 5.41 Å². The molecule has 4 nitrogen and oxygen atoms in total. The maximum absolute atomic E-state index is 12.6. The highest BCUT2D eigenvalue weighted by molar-refractivity contribution is 6.04. The fourth-order valence-electron chi connectivity index (χ4n) is 2.66. The minimum Gasteiger partial charge on any atom is -0.355 e. The molecule has 1 saturated heterocycles. The number of likely N-dealkylation sites (tertiary alicyclic amines) is 1. The average Bonchev–Trinajstić information content (AvgIpc) is 2.42. The van der Waals surface area contributed by atoms with Gasteiger partial charge in [-0.15, -0.1) is 0 Å². The lowest BCUT2D eigenvalue weighted by Gasteiger charge is -2.36. The van der Waals surface area contributed by atoms with Crippen molar-refractivity contribution in [3.05, 3.63) is 0 Å². The van der Waals surface area contributed by atoms with Gasteiger partial charge in [-0.1, -0.05) is 26.7 Å². The summed E-state index contributed by atoms with van der Waals surface area (Å²) in [5.74, 6) is 0.366. The maximum atomic E-state index is 12.6. The molecule has 20 heavy (non-hydrogen) atoms. The van der Waals surface area contributed by atoms with Crippen LogP contribution in [0.1, 0.15) is 59.8 Å². The molecule has 116 valence electrons. The topological polar surface area (TPSA) is 49.4 Å². The Morgan fingerprint density at radius 1 is 1.30 bits per heavy atom. The first-order chi connectivity index (χ1) is 9.39. The summed E-state index contributed by atoms with van der Waals surface area (Å²) >= 11 is 0. The number of amides is 2. The Hall–Kier alpha value is -1.06. The van der Waals surface area contributed by atoms with Gasteiger partial charge in [0.05, 0.1) is 0 Å². The molecule has 0 saturated carbocycles. The molecule has 1 unspecified atom stereocenters. The Kier molecular flexibility index (Phi) is 6.50. The number of nitrogens with one attached hydrogen (secondary N) is 1. The molecule has 1 atom stereocenters. The zero-order chi connectivity index (χ0) is 15.2. The Balaban J connectivity index is 2.52. The van der Waals surface area contributed by atoms with E-state index in [9.17, 15) is 9.59 Å². The van der Waals surface area contributed by atoms with Crippen molar-refractivity contribution in [2.24, 2.45) is 11.3 Å². The number of rotatable bonds is 6. The number of hydrogen-bond acceptors (Lipinski definition) is 2. The molecule has 1 aliphatic heterocycles. The molecule has 0 radical (unpaired) electrons. The monoisotopic (exact) mass is 282 g/mol. The maximum Gasteiger partial charge on any atom is 0.237 e. The smallest absolute Gasteiger partial charge is 0.237 e. The van der Waals surface area contributed by atoms with E-state index >= 15 is 0 Å². The number of hydrogen-bond donors (Lipinski definition) is 1. The lowest BCUT2D eigenvalue weighted by atomic mass is 9.88. The quantitative estimate of drug-likeness (QED) is 0.601. The average molecular weight is 282 g/mol. The summed E-state index contributed by atoms with van der Waals surface area (Å²) in [7, 11) is 0. The zero-order valence-electron chi connectivity index (χ0n) is 13.5. The normalized spacial score (nSPS) is 19.8. The summed E-state index contributed by atoms with van der Waals surface area (Å²) in [6, 6.07) is 0. The largest absolute Gasteiger partial charge is 0.355 e. The minimum atomic E-state index is -0.955. The minimum absolute atomic E-state index is 0.0305. The Morgan fingerprint density at radius 3 is 2.60 bits per heavy atom. The van der Waals surface area contributed by atoms with Crippen molar-refractivity contribution in [1.82, 2.24) is 10.2 Å². The van der Waals surface area contributed by atoms with Crippen molar-refractivity contribution in [3.8, 4) is 0 Å². The molecule has 1 aliphatic rings. The van der Waals surface area contributed by atoms with Crippen molar-refractivity contribution in [3.63, 3.8) is 0 Å². The summed E-state index contributed by atoms with van der Waals surface area (Å²) in [5, 5.41) is 2.90. The summed E-state index contributed by atoms with van der Waals surface area (Å²) in [5.41, 5.74) is -0.955. The predicted molar refractivity (Wildman–Crippen MR) is 81.3 cm³/mol. The number of nitrogens with zero attached hydrogens (tertiary/aromatic N) is 1. The molecule has 0 aromatic rings. The molecule has 2 amide bonds. The van der Waals surface area contributed by atoms with Crippen molar-refractivity contribution < 1.29 is 9.59 Å². The highest BCUT2D eigenvalue weighted by Crippen LogP contribution is 2.24. The second kappa shape index (κ2) is 7.65. The molecule has 1 fully saturated rings. The van der Waals surface area contributed by atoms with Crippen LogP contribution < -0.4 is 5.32 Å². The number of unbranched alkanes of at least 4 members (excludes halogenated alkanes) is 2. The van der Waals surface area contributed by atoms with E-state index in [1.807, 2.05) is 4.90 Å². The van der Waals surface area contributed by atoms with Crippen LogP contribution in [-0.2, 0) is 9.59 Å². The van der Waals surface area contributed by atoms with Gasteiger partial charge in [0, 0.05) is 19.6 Å². The highest BCUT2D eigenvalue weighted by atomic mass is 16.2. The second-order valence-corrected chi connectivity index (χ2v) is 6.59. The van der Waals surface area contributed by atoms with Crippen LogP contribution in [0.3, 0.4) is 0 Å². The summed E-state index contributed by atoms with van der Waals surface area (Å²) in [4.78, 5) is 26.7. The van der Waals surface area contributed by atoms with Gasteiger partial charge in [0.25, 0.3) is 0 Å². The standard InChI is InChI=1S/C16H30N2O2/c1-5-6-7-10-17-14(19)16(3,4)15(20)18-11-8-9-13(2)12-18/h13H,5-12H2,1-4H3,(H,17,19). The first kappa shape index (κ1) is 17.0. The third-order valence-corrected chi connectivity index (χ3v) is 4.11. The first-order valence-electron chi connectivity index (χ1n) is 7.97. The number of carbonyl (C=O) groups excluding carboxylic acids is 2. The van der Waals surface area contributed by atoms with Crippen LogP contribution in [-0.4, -0.2) is 36.3 Å². The Labute approximate surface area is 123 Å². The number of piperidine rings is 1. The first-order valence-corrected chi connectivity index (χ1v) is 7.97. The van der Waals surface area contributed by atoms with E-state index in [4.69, 9.17) is 0 Å². The van der Waals surface area contributed by atoms with Crippen LogP contribution in [0.5, 0.6) is 0 Å². The van der Waals surface area contributed by atoms with Crippen molar-refractivity contribution in [2.75, 3.05) is 19.6 Å². The van der Waals surface area contributed by atoms with E-state index in [2.05, 4.69) is 19.2 Å². The number of carbonyl (C=O) groups is 2. The SMILES string of the molecule is CCCCCNC(=O)C(C)(C)C(=O)N1CCCC(C)C1. The third kappa shape index (κ3) is 4.50. The van der Waals surface area contributed by atoms with Crippen LogP contribution in [0.2, 0.25) is 0 Å². The van der Waals surface area contributed by atoms with Crippen LogP contribution >= 0.6 is 0 Å². The van der Waals surface area contributed by atoms with E-state index in [1.54, 1.807) is 13.8 Å². The Bertz CT molecular complexity index is 339. The highest BCUT2D eigenvalue weighted by Gasteiger charge is 2.39. The lowest BCUT2D eigenvalue weighted by molar-refractivity contribution is -0.149. The second-order valence-electron chi connectivity index (χ2n) is 6.59. The fraction of sp³-hybridized carbons (Fsp3) is 0.875. The van der Waals surface area contributed by atoms with E-state index in [0.29, 0.717) is 12.5 Å². The molecule has 1 N–H and O–H groups in total. The van der Waals surface area contributed by atoms with Gasteiger partial charge in [-0.05, 0) is 39.0 Å². The molecule has 0 aliphatic carbocycles. The van der Waals surface area contributed by atoms with Gasteiger partial charge in [-0.3, -0.25) is 9.59 Å². The molecule has 4 heteroatoms. The van der Waals surface area contributed by atoms with Crippen molar-refractivity contribution >= 4 is 11.8 Å². The van der Waals surface area contributed by atoms with Gasteiger partial charge >= 0.3 is 0 Å². The van der Waals surface area contributed by atoms with Gasteiger partial charge in [-0.25, -0.2) is 0 Å². The van der Waals surface area contributed by atoms with E-state index in [-0.39, 0.29) is 11.8 Å². The fourth-order valence-corrected chi connectivity index (χ4v) is 2.66.